The lowest BCUT2D eigenvalue weighted by molar-refractivity contribution is 0.155. The number of benzene rings is 1. The van der Waals surface area contributed by atoms with Gasteiger partial charge < -0.3 is 15.5 Å². The Morgan fingerprint density at radius 3 is 2.36 bits per heavy atom. The van der Waals surface area contributed by atoms with Gasteiger partial charge in [0.2, 0.25) is 0 Å². The topological polar surface area (TPSA) is 52.5 Å². The lowest BCUT2D eigenvalue weighted by Gasteiger charge is -2.12. The van der Waals surface area contributed by atoms with Gasteiger partial charge in [-0.25, -0.2) is 0 Å². The molecule has 1 rings (SSSR count). The number of rotatable bonds is 5. The van der Waals surface area contributed by atoms with Crippen LogP contribution < -0.4 is 5.32 Å². The second-order valence-electron chi connectivity index (χ2n) is 3.43. The van der Waals surface area contributed by atoms with E-state index in [4.69, 9.17) is 5.11 Å². The highest BCUT2D eigenvalue weighted by atomic mass is 16.3. The summed E-state index contributed by atoms with van der Waals surface area (Å²) in [5, 5.41) is 21.7. The maximum absolute atomic E-state index is 9.69. The third-order valence-corrected chi connectivity index (χ3v) is 1.96. The summed E-state index contributed by atoms with van der Waals surface area (Å²) in [6, 6.07) is 9.48. The van der Waals surface area contributed by atoms with Crippen molar-refractivity contribution < 1.29 is 10.2 Å². The van der Waals surface area contributed by atoms with Crippen LogP contribution in [0.3, 0.4) is 0 Å². The largest absolute Gasteiger partial charge is 0.392 e. The molecule has 0 aliphatic heterocycles. The van der Waals surface area contributed by atoms with Gasteiger partial charge in [0.05, 0.1) is 12.2 Å². The molecule has 2 atom stereocenters. The van der Waals surface area contributed by atoms with E-state index in [-0.39, 0.29) is 6.10 Å². The Hall–Kier alpha value is -0.900. The second-order valence-corrected chi connectivity index (χ2v) is 3.43. The summed E-state index contributed by atoms with van der Waals surface area (Å²) in [6.07, 6.45) is -0.882. The minimum absolute atomic E-state index is 0.377. The number of nitrogens with one attached hydrogen (secondary N) is 1. The first-order chi connectivity index (χ1) is 6.70. The zero-order valence-corrected chi connectivity index (χ0v) is 8.35. The lowest BCUT2D eigenvalue weighted by Crippen LogP contribution is -2.28. The summed E-state index contributed by atoms with van der Waals surface area (Å²) in [5.74, 6) is 0. The van der Waals surface area contributed by atoms with Crippen LogP contribution in [0.1, 0.15) is 18.6 Å². The maximum atomic E-state index is 9.69. The van der Waals surface area contributed by atoms with Crippen molar-refractivity contribution in [2.75, 3.05) is 13.1 Å². The second kappa shape index (κ2) is 5.75. The quantitative estimate of drug-likeness (QED) is 0.648. The van der Waals surface area contributed by atoms with E-state index >= 15 is 0 Å². The Balaban J connectivity index is 2.32. The summed E-state index contributed by atoms with van der Waals surface area (Å²) < 4.78 is 0. The van der Waals surface area contributed by atoms with Crippen molar-refractivity contribution in [2.45, 2.75) is 19.1 Å². The number of aliphatic hydroxyl groups excluding tert-OH is 2. The van der Waals surface area contributed by atoms with Crippen molar-refractivity contribution in [1.82, 2.24) is 5.32 Å². The van der Waals surface area contributed by atoms with Gasteiger partial charge in [-0.1, -0.05) is 30.3 Å². The average Bonchev–Trinajstić information content (AvgIpc) is 2.18. The highest BCUT2D eigenvalue weighted by Crippen LogP contribution is 2.10. The molecule has 0 spiro atoms. The Morgan fingerprint density at radius 2 is 1.79 bits per heavy atom. The molecule has 0 heterocycles. The molecule has 0 aliphatic rings. The fourth-order valence-electron chi connectivity index (χ4n) is 1.22. The molecule has 3 heteroatoms. The molecule has 0 aliphatic carbocycles. The molecule has 1 aromatic rings. The van der Waals surface area contributed by atoms with Gasteiger partial charge in [0.1, 0.15) is 0 Å². The lowest BCUT2D eigenvalue weighted by atomic mass is 10.1. The molecule has 3 nitrogen and oxygen atoms in total. The normalized spacial score (nSPS) is 15.1. The molecule has 0 saturated carbocycles. The van der Waals surface area contributed by atoms with E-state index in [0.717, 1.165) is 5.56 Å². The van der Waals surface area contributed by atoms with Crippen LogP contribution in [0.25, 0.3) is 0 Å². The molecule has 1 aromatic carbocycles. The van der Waals surface area contributed by atoms with Gasteiger partial charge in [-0.2, -0.15) is 0 Å². The summed E-state index contributed by atoms with van der Waals surface area (Å²) >= 11 is 0. The molecule has 0 aromatic heterocycles. The van der Waals surface area contributed by atoms with Gasteiger partial charge in [-0.05, 0) is 12.5 Å². The van der Waals surface area contributed by atoms with Crippen molar-refractivity contribution in [1.29, 1.82) is 0 Å². The smallest absolute Gasteiger partial charge is 0.0914 e. The zero-order chi connectivity index (χ0) is 10.4. The molecule has 78 valence electrons. The minimum Gasteiger partial charge on any atom is -0.392 e. The Kier molecular flexibility index (Phi) is 4.59. The van der Waals surface area contributed by atoms with Gasteiger partial charge in [-0.3, -0.25) is 0 Å². The van der Waals surface area contributed by atoms with Gasteiger partial charge in [0.15, 0.2) is 0 Å². The SMILES string of the molecule is C[C@H](O)CNC[C@H](O)c1ccccc1. The van der Waals surface area contributed by atoms with Gasteiger partial charge in [-0.15, -0.1) is 0 Å². The Morgan fingerprint density at radius 1 is 1.14 bits per heavy atom. The van der Waals surface area contributed by atoms with E-state index in [0.29, 0.717) is 13.1 Å². The van der Waals surface area contributed by atoms with E-state index in [1.54, 1.807) is 6.92 Å². The summed E-state index contributed by atoms with van der Waals surface area (Å²) in [4.78, 5) is 0. The monoisotopic (exact) mass is 195 g/mol. The summed E-state index contributed by atoms with van der Waals surface area (Å²) in [5.41, 5.74) is 0.894. The summed E-state index contributed by atoms with van der Waals surface area (Å²) in [7, 11) is 0. The molecular formula is C11H17NO2. The molecule has 0 radical (unpaired) electrons. The first-order valence-corrected chi connectivity index (χ1v) is 4.82. The zero-order valence-electron chi connectivity index (χ0n) is 8.35. The fraction of sp³-hybridized carbons (Fsp3) is 0.455. The van der Waals surface area contributed by atoms with Crippen LogP contribution in [0.4, 0.5) is 0 Å². The predicted octanol–water partition coefficient (Wildman–Crippen LogP) is 0.690. The van der Waals surface area contributed by atoms with Crippen LogP contribution in [0.2, 0.25) is 0 Å². The molecule has 0 amide bonds. The van der Waals surface area contributed by atoms with E-state index in [1.165, 1.54) is 0 Å². The molecule has 0 saturated heterocycles. The van der Waals surface area contributed by atoms with Crippen LogP contribution in [0.5, 0.6) is 0 Å². The van der Waals surface area contributed by atoms with Crippen LogP contribution >= 0.6 is 0 Å². The van der Waals surface area contributed by atoms with Crippen LogP contribution in [-0.4, -0.2) is 29.4 Å². The first-order valence-electron chi connectivity index (χ1n) is 4.82. The van der Waals surface area contributed by atoms with Crippen molar-refractivity contribution in [3.8, 4) is 0 Å². The van der Waals surface area contributed by atoms with Gasteiger partial charge in [0, 0.05) is 13.1 Å². The molecule has 0 unspecified atom stereocenters. The van der Waals surface area contributed by atoms with E-state index in [1.807, 2.05) is 30.3 Å². The fourth-order valence-corrected chi connectivity index (χ4v) is 1.22. The van der Waals surface area contributed by atoms with E-state index < -0.39 is 6.10 Å². The first kappa shape index (κ1) is 11.2. The van der Waals surface area contributed by atoms with Crippen molar-refractivity contribution in [3.05, 3.63) is 35.9 Å². The highest BCUT2D eigenvalue weighted by Gasteiger charge is 2.05. The van der Waals surface area contributed by atoms with E-state index in [9.17, 15) is 5.11 Å². The van der Waals surface area contributed by atoms with Crippen LogP contribution in [0.15, 0.2) is 30.3 Å². The van der Waals surface area contributed by atoms with Crippen LogP contribution in [0, 0.1) is 0 Å². The number of hydrogen-bond acceptors (Lipinski definition) is 3. The van der Waals surface area contributed by atoms with E-state index in [2.05, 4.69) is 5.32 Å². The number of hydrogen-bond donors (Lipinski definition) is 3. The van der Waals surface area contributed by atoms with Crippen molar-refractivity contribution >= 4 is 0 Å². The molecule has 0 fully saturated rings. The Bertz CT molecular complexity index is 249. The molecule has 3 N–H and O–H groups in total. The Labute approximate surface area is 84.4 Å². The highest BCUT2D eigenvalue weighted by molar-refractivity contribution is 5.17. The minimum atomic E-state index is -0.505. The molecule has 0 bridgehead atoms. The van der Waals surface area contributed by atoms with Gasteiger partial charge >= 0.3 is 0 Å². The van der Waals surface area contributed by atoms with Crippen molar-refractivity contribution in [2.24, 2.45) is 0 Å². The van der Waals surface area contributed by atoms with Crippen molar-refractivity contribution in [3.63, 3.8) is 0 Å². The average molecular weight is 195 g/mol. The maximum Gasteiger partial charge on any atom is 0.0914 e. The number of aliphatic hydroxyl groups is 2. The standard InChI is InChI=1S/C11H17NO2/c1-9(13)7-12-8-11(14)10-5-3-2-4-6-10/h2-6,9,11-14H,7-8H2,1H3/t9-,11-/m0/s1. The third-order valence-electron chi connectivity index (χ3n) is 1.96. The van der Waals surface area contributed by atoms with Crippen LogP contribution in [-0.2, 0) is 0 Å². The predicted molar refractivity (Wildman–Crippen MR) is 56.0 cm³/mol. The van der Waals surface area contributed by atoms with Gasteiger partial charge in [0.25, 0.3) is 0 Å². The summed E-state index contributed by atoms with van der Waals surface area (Å²) in [6.45, 7) is 2.68. The molecular weight excluding hydrogens is 178 g/mol. The third kappa shape index (κ3) is 3.87. The molecule has 14 heavy (non-hydrogen) atoms.